The molecule has 0 spiro atoms. The molecule has 1 amide bonds. The first-order valence-corrected chi connectivity index (χ1v) is 9.24. The summed E-state index contributed by atoms with van der Waals surface area (Å²) in [5.74, 6) is 0.0636. The van der Waals surface area contributed by atoms with Gasteiger partial charge in [-0.25, -0.2) is 10.9 Å². The van der Waals surface area contributed by atoms with Crippen LogP contribution in [0.15, 0.2) is 30.6 Å². The predicted octanol–water partition coefficient (Wildman–Crippen LogP) is 1.40. The average molecular weight is 354 g/mol. The average Bonchev–Trinajstić information content (AvgIpc) is 3.08. The third kappa shape index (κ3) is 3.64. The Kier molecular flexibility index (Phi) is 4.50. The molecule has 4 rings (SSSR count). The summed E-state index contributed by atoms with van der Waals surface area (Å²) in [6, 6.07) is 5.98. The van der Waals surface area contributed by atoms with Crippen molar-refractivity contribution in [3.63, 3.8) is 0 Å². The Morgan fingerprint density at radius 2 is 2.08 bits per heavy atom. The second kappa shape index (κ2) is 6.81. The lowest BCUT2D eigenvalue weighted by atomic mass is 10.0. The van der Waals surface area contributed by atoms with Crippen LogP contribution in [-0.4, -0.2) is 33.3 Å². The Bertz CT molecular complexity index is 783. The molecule has 2 fully saturated rings. The number of nitrogens with zero attached hydrogens (tertiary/aromatic N) is 3. The summed E-state index contributed by atoms with van der Waals surface area (Å²) in [6.45, 7) is 5.69. The lowest BCUT2D eigenvalue weighted by Gasteiger charge is -2.18. The van der Waals surface area contributed by atoms with Crippen LogP contribution in [0.5, 0.6) is 0 Å². The number of nitrogens with one attached hydrogen (secondary N) is 3. The summed E-state index contributed by atoms with van der Waals surface area (Å²) in [5, 5.41) is 7.71. The fourth-order valence-corrected chi connectivity index (χ4v) is 3.66. The van der Waals surface area contributed by atoms with E-state index in [0.29, 0.717) is 6.54 Å². The molecule has 2 unspecified atom stereocenters. The summed E-state index contributed by atoms with van der Waals surface area (Å²) >= 11 is 0. The van der Waals surface area contributed by atoms with E-state index in [4.69, 9.17) is 0 Å². The summed E-state index contributed by atoms with van der Waals surface area (Å²) in [6.07, 6.45) is 6.57. The van der Waals surface area contributed by atoms with Gasteiger partial charge in [-0.3, -0.25) is 14.5 Å². The summed E-state index contributed by atoms with van der Waals surface area (Å²) in [7, 11) is 0. The van der Waals surface area contributed by atoms with Crippen LogP contribution in [0.1, 0.15) is 42.3 Å². The summed E-state index contributed by atoms with van der Waals surface area (Å²) < 4.78 is 2.07. The summed E-state index contributed by atoms with van der Waals surface area (Å²) in [5.41, 5.74) is 9.87. The van der Waals surface area contributed by atoms with E-state index >= 15 is 0 Å². The maximum atomic E-state index is 12.6. The lowest BCUT2D eigenvalue weighted by Crippen LogP contribution is -2.45. The molecule has 1 aliphatic heterocycles. The molecule has 2 aliphatic rings. The number of hydrazine groups is 1. The molecule has 0 bridgehead atoms. The highest BCUT2D eigenvalue weighted by Crippen LogP contribution is 2.46. The van der Waals surface area contributed by atoms with Gasteiger partial charge in [0.2, 0.25) is 5.91 Å². The number of carbonyl (C=O) groups is 1. The van der Waals surface area contributed by atoms with Crippen molar-refractivity contribution < 1.29 is 4.79 Å². The van der Waals surface area contributed by atoms with Crippen molar-refractivity contribution in [2.45, 2.75) is 51.7 Å². The van der Waals surface area contributed by atoms with Crippen molar-refractivity contribution in [2.75, 3.05) is 6.54 Å². The fourth-order valence-electron chi connectivity index (χ4n) is 3.66. The summed E-state index contributed by atoms with van der Waals surface area (Å²) in [4.78, 5) is 16.6. The molecule has 0 radical (unpaired) electrons. The quantitative estimate of drug-likeness (QED) is 0.730. The van der Waals surface area contributed by atoms with Gasteiger partial charge in [-0.2, -0.15) is 5.10 Å². The normalized spacial score (nSPS) is 23.8. The minimum absolute atomic E-state index is 0.0636. The topological polar surface area (TPSA) is 83.9 Å². The smallest absolute Gasteiger partial charge is 0.238 e. The molecule has 7 nitrogen and oxygen atoms in total. The number of carbonyl (C=O) groups excluding carboxylic acids is 1. The Balaban J connectivity index is 1.30. The van der Waals surface area contributed by atoms with E-state index in [1.165, 1.54) is 5.69 Å². The molecular formula is C19H26N6O. The van der Waals surface area contributed by atoms with E-state index in [9.17, 15) is 4.79 Å². The molecule has 2 aromatic rings. The number of aryl methyl sites for hydroxylation is 2. The van der Waals surface area contributed by atoms with Crippen LogP contribution in [0.4, 0.5) is 0 Å². The Morgan fingerprint density at radius 3 is 2.73 bits per heavy atom. The molecule has 2 atom stereocenters. The molecule has 0 aromatic carbocycles. The van der Waals surface area contributed by atoms with Crippen molar-refractivity contribution in [1.82, 2.24) is 30.9 Å². The van der Waals surface area contributed by atoms with Crippen LogP contribution in [0.3, 0.4) is 0 Å². The lowest BCUT2D eigenvalue weighted by molar-refractivity contribution is -0.123. The second-order valence-corrected chi connectivity index (χ2v) is 7.71. The molecule has 1 aliphatic carbocycles. The molecule has 3 heterocycles. The zero-order valence-corrected chi connectivity index (χ0v) is 15.3. The first-order chi connectivity index (χ1) is 12.5. The van der Waals surface area contributed by atoms with Crippen molar-refractivity contribution >= 4 is 5.91 Å². The monoisotopic (exact) mass is 354 g/mol. The van der Waals surface area contributed by atoms with Crippen LogP contribution in [0, 0.1) is 19.3 Å². The van der Waals surface area contributed by atoms with Gasteiger partial charge in [-0.15, -0.1) is 0 Å². The van der Waals surface area contributed by atoms with Gasteiger partial charge in [0.1, 0.15) is 6.04 Å². The highest BCUT2D eigenvalue weighted by Gasteiger charge is 2.44. The Hall–Kier alpha value is -2.25. The van der Waals surface area contributed by atoms with E-state index in [2.05, 4.69) is 43.9 Å². The number of rotatable bonds is 6. The van der Waals surface area contributed by atoms with Gasteiger partial charge in [0.25, 0.3) is 0 Å². The largest absolute Gasteiger partial charge is 0.354 e. The standard InChI is InChI=1S/C19H26N6O/c1-13-9-14(2)25(24-13)12-19(5-6-19)11-21-18(26)17-10-16(22-23-17)15-3-7-20-8-4-15/h3-4,7-9,16-17,22-23H,5-6,10-12H2,1-2H3,(H,21,26). The van der Waals surface area contributed by atoms with Crippen molar-refractivity contribution in [3.8, 4) is 0 Å². The van der Waals surface area contributed by atoms with Gasteiger partial charge in [-0.1, -0.05) is 0 Å². The minimum atomic E-state index is -0.211. The van der Waals surface area contributed by atoms with Crippen molar-refractivity contribution in [3.05, 3.63) is 47.5 Å². The zero-order chi connectivity index (χ0) is 18.1. The van der Waals surface area contributed by atoms with Crippen molar-refractivity contribution in [2.24, 2.45) is 5.41 Å². The van der Waals surface area contributed by atoms with Crippen LogP contribution in [0.2, 0.25) is 0 Å². The molecule has 3 N–H and O–H groups in total. The highest BCUT2D eigenvalue weighted by atomic mass is 16.2. The third-order valence-corrected chi connectivity index (χ3v) is 5.51. The number of pyridine rings is 1. The van der Waals surface area contributed by atoms with E-state index in [0.717, 1.165) is 37.1 Å². The second-order valence-electron chi connectivity index (χ2n) is 7.71. The zero-order valence-electron chi connectivity index (χ0n) is 15.3. The maximum absolute atomic E-state index is 12.6. The van der Waals surface area contributed by atoms with Crippen molar-refractivity contribution in [1.29, 1.82) is 0 Å². The molecular weight excluding hydrogens is 328 g/mol. The SMILES string of the molecule is Cc1cc(C)n(CC2(CNC(=O)C3CC(c4ccncc4)NN3)CC2)n1. The minimum Gasteiger partial charge on any atom is -0.354 e. The molecule has 138 valence electrons. The number of amides is 1. The van der Waals surface area contributed by atoms with Crippen LogP contribution in [0.25, 0.3) is 0 Å². The third-order valence-electron chi connectivity index (χ3n) is 5.51. The van der Waals surface area contributed by atoms with E-state index in [1.54, 1.807) is 12.4 Å². The molecule has 1 saturated carbocycles. The van der Waals surface area contributed by atoms with Gasteiger partial charge in [0.05, 0.1) is 5.69 Å². The molecule has 2 aromatic heterocycles. The first kappa shape index (κ1) is 17.2. The Labute approximate surface area is 153 Å². The first-order valence-electron chi connectivity index (χ1n) is 9.24. The van der Waals surface area contributed by atoms with E-state index in [-0.39, 0.29) is 23.4 Å². The van der Waals surface area contributed by atoms with Crippen LogP contribution < -0.4 is 16.2 Å². The van der Waals surface area contributed by atoms with Gasteiger partial charge in [-0.05, 0) is 56.9 Å². The van der Waals surface area contributed by atoms with E-state index < -0.39 is 0 Å². The number of hydrogen-bond donors (Lipinski definition) is 3. The molecule has 26 heavy (non-hydrogen) atoms. The number of aromatic nitrogens is 3. The van der Waals surface area contributed by atoms with Gasteiger partial charge < -0.3 is 5.32 Å². The van der Waals surface area contributed by atoms with Gasteiger partial charge in [0.15, 0.2) is 0 Å². The fraction of sp³-hybridized carbons (Fsp3) is 0.526. The highest BCUT2D eigenvalue weighted by molar-refractivity contribution is 5.82. The van der Waals surface area contributed by atoms with Gasteiger partial charge >= 0.3 is 0 Å². The molecule has 7 heteroatoms. The van der Waals surface area contributed by atoms with Crippen LogP contribution in [-0.2, 0) is 11.3 Å². The predicted molar refractivity (Wildman–Crippen MR) is 98.0 cm³/mol. The van der Waals surface area contributed by atoms with E-state index in [1.807, 2.05) is 19.1 Å². The van der Waals surface area contributed by atoms with Crippen LogP contribution >= 0.6 is 0 Å². The molecule has 1 saturated heterocycles. The Morgan fingerprint density at radius 1 is 1.31 bits per heavy atom. The number of hydrogen-bond acceptors (Lipinski definition) is 5. The maximum Gasteiger partial charge on any atom is 0.238 e. The van der Waals surface area contributed by atoms with Gasteiger partial charge in [0, 0.05) is 42.6 Å².